The minimum absolute atomic E-state index is 0.0348. The Kier molecular flexibility index (Phi) is 4.14. The van der Waals surface area contributed by atoms with E-state index >= 15 is 0 Å². The van der Waals surface area contributed by atoms with Crippen LogP contribution < -0.4 is 9.64 Å². The van der Waals surface area contributed by atoms with Gasteiger partial charge in [0.2, 0.25) is 0 Å². The average molecular weight is 377 g/mol. The number of anilines is 2. The number of nitrogens with zero attached hydrogens (tertiary/aromatic N) is 1. The first-order valence-electron chi connectivity index (χ1n) is 9.54. The summed E-state index contributed by atoms with van der Waals surface area (Å²) in [5.74, 6) is 0.715. The van der Waals surface area contributed by atoms with Crippen molar-refractivity contribution in [2.45, 2.75) is 0 Å². The Morgan fingerprint density at radius 1 is 0.793 bits per heavy atom. The van der Waals surface area contributed by atoms with Crippen LogP contribution in [0.3, 0.4) is 0 Å². The third-order valence-corrected chi connectivity index (χ3v) is 5.32. The van der Waals surface area contributed by atoms with Crippen molar-refractivity contribution < 1.29 is 9.53 Å². The molecule has 0 fully saturated rings. The van der Waals surface area contributed by atoms with Crippen LogP contribution in [0.2, 0.25) is 0 Å². The fourth-order valence-corrected chi connectivity index (χ4v) is 3.96. The molecule has 3 nitrogen and oxygen atoms in total. The maximum absolute atomic E-state index is 13.5. The summed E-state index contributed by atoms with van der Waals surface area (Å²) in [7, 11) is 1.66. The van der Waals surface area contributed by atoms with Gasteiger partial charge in [-0.15, -0.1) is 0 Å². The first kappa shape index (κ1) is 17.3. The van der Waals surface area contributed by atoms with Crippen LogP contribution in [-0.4, -0.2) is 13.0 Å². The predicted octanol–water partition coefficient (Wildman–Crippen LogP) is 6.07. The number of hydrogen-bond acceptors (Lipinski definition) is 2. The summed E-state index contributed by atoms with van der Waals surface area (Å²) in [5, 5.41) is 2.17. The Morgan fingerprint density at radius 3 is 2.34 bits per heavy atom. The Balaban J connectivity index is 1.75. The Hall–Kier alpha value is -3.85. The van der Waals surface area contributed by atoms with Gasteiger partial charge in [0.25, 0.3) is 5.91 Å². The lowest BCUT2D eigenvalue weighted by Gasteiger charge is -2.17. The summed E-state index contributed by atoms with van der Waals surface area (Å²) in [6.07, 6.45) is 1.96. The molecule has 0 spiro atoms. The molecule has 0 N–H and O–H groups in total. The molecule has 4 aromatic carbocycles. The fourth-order valence-electron chi connectivity index (χ4n) is 3.96. The number of benzene rings is 4. The van der Waals surface area contributed by atoms with Crippen molar-refractivity contribution >= 4 is 39.7 Å². The van der Waals surface area contributed by atoms with E-state index in [9.17, 15) is 4.79 Å². The van der Waals surface area contributed by atoms with Crippen molar-refractivity contribution in [2.24, 2.45) is 0 Å². The van der Waals surface area contributed by atoms with Crippen LogP contribution in [0.4, 0.5) is 11.4 Å². The summed E-state index contributed by atoms with van der Waals surface area (Å²) in [6, 6.07) is 29.8. The number of hydrogen-bond donors (Lipinski definition) is 0. The second-order valence-electron chi connectivity index (χ2n) is 6.95. The summed E-state index contributed by atoms with van der Waals surface area (Å²) in [5.41, 5.74) is 4.27. The third-order valence-electron chi connectivity index (χ3n) is 5.32. The van der Waals surface area contributed by atoms with Crippen molar-refractivity contribution in [1.29, 1.82) is 0 Å². The van der Waals surface area contributed by atoms with E-state index in [2.05, 4.69) is 12.1 Å². The van der Waals surface area contributed by atoms with Gasteiger partial charge in [0.05, 0.1) is 18.4 Å². The van der Waals surface area contributed by atoms with Crippen molar-refractivity contribution in [3.63, 3.8) is 0 Å². The predicted molar refractivity (Wildman–Crippen MR) is 118 cm³/mol. The molecule has 0 unspecified atom stereocenters. The molecule has 140 valence electrons. The van der Waals surface area contributed by atoms with Gasteiger partial charge in [-0.3, -0.25) is 9.69 Å². The molecule has 1 heterocycles. The molecule has 0 radical (unpaired) electrons. The molecule has 0 atom stereocenters. The molecule has 3 heteroatoms. The highest BCUT2D eigenvalue weighted by molar-refractivity contribution is 6.38. The van der Waals surface area contributed by atoms with Crippen LogP contribution in [-0.2, 0) is 4.79 Å². The average Bonchev–Trinajstić information content (AvgIpc) is 3.06. The van der Waals surface area contributed by atoms with Crippen molar-refractivity contribution in [2.75, 3.05) is 12.0 Å². The number of fused-ring (bicyclic) bond motifs is 2. The summed E-state index contributed by atoms with van der Waals surface area (Å²) >= 11 is 0. The van der Waals surface area contributed by atoms with Crippen LogP contribution in [0.25, 0.3) is 22.4 Å². The smallest absolute Gasteiger partial charge is 0.263 e. The Labute approximate surface area is 169 Å². The SMILES string of the molecule is COc1ccc2ccccc2c1/C=C1/C(=O)N(c2ccccc2)c2ccccc21. The molecule has 5 rings (SSSR count). The topological polar surface area (TPSA) is 29.5 Å². The van der Waals surface area contributed by atoms with Gasteiger partial charge in [-0.05, 0) is 41.1 Å². The molecule has 0 aromatic heterocycles. The molecule has 1 aliphatic heterocycles. The molecule has 1 aliphatic rings. The molecule has 1 amide bonds. The van der Waals surface area contributed by atoms with E-state index in [0.717, 1.165) is 39.0 Å². The van der Waals surface area contributed by atoms with Crippen molar-refractivity contribution in [3.05, 3.63) is 102 Å². The number of carbonyl (C=O) groups is 1. The highest BCUT2D eigenvalue weighted by Gasteiger charge is 2.33. The number of para-hydroxylation sites is 2. The number of amides is 1. The Bertz CT molecular complexity index is 1260. The summed E-state index contributed by atoms with van der Waals surface area (Å²) in [4.78, 5) is 15.3. The molecular weight excluding hydrogens is 358 g/mol. The van der Waals surface area contributed by atoms with Gasteiger partial charge in [0, 0.05) is 16.8 Å². The zero-order valence-electron chi connectivity index (χ0n) is 16.0. The first-order chi connectivity index (χ1) is 14.3. The van der Waals surface area contributed by atoms with E-state index in [1.807, 2.05) is 84.9 Å². The van der Waals surface area contributed by atoms with Crippen LogP contribution in [0.1, 0.15) is 11.1 Å². The maximum atomic E-state index is 13.5. The van der Waals surface area contributed by atoms with E-state index in [-0.39, 0.29) is 5.91 Å². The van der Waals surface area contributed by atoms with Crippen LogP contribution in [0.5, 0.6) is 5.75 Å². The maximum Gasteiger partial charge on any atom is 0.263 e. The highest BCUT2D eigenvalue weighted by atomic mass is 16.5. The molecule has 29 heavy (non-hydrogen) atoms. The standard InChI is InChI=1S/C26H19NO2/c1-29-25-16-15-18-9-5-6-12-20(18)22(25)17-23-21-13-7-8-14-24(21)27(26(23)28)19-10-3-2-4-11-19/h2-17H,1H3/b23-17+. The van der Waals surface area contributed by atoms with E-state index in [1.54, 1.807) is 12.0 Å². The lowest BCUT2D eigenvalue weighted by Crippen LogP contribution is -2.20. The molecule has 4 aromatic rings. The number of ether oxygens (including phenoxy) is 1. The zero-order valence-corrected chi connectivity index (χ0v) is 16.0. The van der Waals surface area contributed by atoms with Crippen molar-refractivity contribution in [3.8, 4) is 5.75 Å². The third kappa shape index (κ3) is 2.79. The Morgan fingerprint density at radius 2 is 1.52 bits per heavy atom. The molecule has 0 saturated heterocycles. The van der Waals surface area contributed by atoms with Gasteiger partial charge < -0.3 is 4.74 Å². The fraction of sp³-hybridized carbons (Fsp3) is 0.0385. The second-order valence-corrected chi connectivity index (χ2v) is 6.95. The lowest BCUT2D eigenvalue weighted by atomic mass is 9.99. The minimum atomic E-state index is -0.0348. The van der Waals surface area contributed by atoms with E-state index < -0.39 is 0 Å². The van der Waals surface area contributed by atoms with Gasteiger partial charge >= 0.3 is 0 Å². The van der Waals surface area contributed by atoms with Crippen LogP contribution in [0.15, 0.2) is 91.0 Å². The highest BCUT2D eigenvalue weighted by Crippen LogP contribution is 2.43. The largest absolute Gasteiger partial charge is 0.496 e. The zero-order chi connectivity index (χ0) is 19.8. The summed E-state index contributed by atoms with van der Waals surface area (Å²) in [6.45, 7) is 0. The lowest BCUT2D eigenvalue weighted by molar-refractivity contribution is -0.112. The first-order valence-corrected chi connectivity index (χ1v) is 9.54. The van der Waals surface area contributed by atoms with Gasteiger partial charge in [0.15, 0.2) is 0 Å². The minimum Gasteiger partial charge on any atom is -0.496 e. The second kappa shape index (κ2) is 6.95. The van der Waals surface area contributed by atoms with Gasteiger partial charge in [-0.1, -0.05) is 66.7 Å². The molecule has 0 aliphatic carbocycles. The van der Waals surface area contributed by atoms with Gasteiger partial charge in [-0.25, -0.2) is 0 Å². The quantitative estimate of drug-likeness (QED) is 0.406. The van der Waals surface area contributed by atoms with E-state index in [1.165, 1.54) is 0 Å². The normalized spacial score (nSPS) is 14.4. The molecular formula is C26H19NO2. The van der Waals surface area contributed by atoms with Crippen LogP contribution in [0, 0.1) is 0 Å². The monoisotopic (exact) mass is 377 g/mol. The van der Waals surface area contributed by atoms with E-state index in [4.69, 9.17) is 4.74 Å². The number of rotatable bonds is 3. The number of methoxy groups -OCH3 is 1. The van der Waals surface area contributed by atoms with Gasteiger partial charge in [-0.2, -0.15) is 0 Å². The summed E-state index contributed by atoms with van der Waals surface area (Å²) < 4.78 is 5.63. The molecule has 0 bridgehead atoms. The number of carbonyl (C=O) groups excluding carboxylic acids is 1. The molecule has 0 saturated carbocycles. The van der Waals surface area contributed by atoms with Gasteiger partial charge in [0.1, 0.15) is 5.75 Å². The van der Waals surface area contributed by atoms with Crippen molar-refractivity contribution in [1.82, 2.24) is 0 Å². The van der Waals surface area contributed by atoms with E-state index in [0.29, 0.717) is 5.57 Å². The van der Waals surface area contributed by atoms with Crippen LogP contribution >= 0.6 is 0 Å².